The molecule has 0 saturated heterocycles. The van der Waals surface area contributed by atoms with Gasteiger partial charge in [0.2, 0.25) is 0 Å². The molecule has 2 rings (SSSR count). The molecule has 3 nitrogen and oxygen atoms in total. The third-order valence-corrected chi connectivity index (χ3v) is 4.12. The molecule has 0 radical (unpaired) electrons. The van der Waals surface area contributed by atoms with Crippen LogP contribution in [0.2, 0.25) is 0 Å². The predicted molar refractivity (Wildman–Crippen MR) is 69.6 cm³/mol. The summed E-state index contributed by atoms with van der Waals surface area (Å²) >= 11 is 0. The lowest BCUT2D eigenvalue weighted by atomic mass is 10.0. The summed E-state index contributed by atoms with van der Waals surface area (Å²) in [5, 5.41) is 5.90. The van der Waals surface area contributed by atoms with Crippen molar-refractivity contribution in [3.63, 3.8) is 0 Å². The molecule has 0 aromatic rings. The lowest BCUT2D eigenvalue weighted by molar-refractivity contribution is 0.240. The fourth-order valence-corrected chi connectivity index (χ4v) is 2.98. The minimum atomic E-state index is -0.0331. The van der Waals surface area contributed by atoms with E-state index in [0.29, 0.717) is 12.0 Å². The van der Waals surface area contributed by atoms with Gasteiger partial charge in [-0.2, -0.15) is 0 Å². The standard InChI is InChI=1S/C14H24N2O/c1-11(12-6-2-3-7-12)10-15-14(17)16-13-8-4-5-9-13/h10,12-13H,2-9H2,1H3,(H2,15,16,17)/b11-10+. The van der Waals surface area contributed by atoms with Gasteiger partial charge in [0.15, 0.2) is 0 Å². The Kier molecular flexibility index (Phi) is 4.46. The molecule has 96 valence electrons. The van der Waals surface area contributed by atoms with Crippen LogP contribution in [-0.2, 0) is 0 Å². The molecule has 0 heterocycles. The van der Waals surface area contributed by atoms with Crippen LogP contribution in [0.3, 0.4) is 0 Å². The molecule has 0 aromatic carbocycles. The number of hydrogen-bond acceptors (Lipinski definition) is 1. The molecule has 2 saturated carbocycles. The largest absolute Gasteiger partial charge is 0.335 e. The van der Waals surface area contributed by atoms with E-state index in [1.54, 1.807) is 0 Å². The monoisotopic (exact) mass is 236 g/mol. The highest BCUT2D eigenvalue weighted by atomic mass is 16.2. The topological polar surface area (TPSA) is 41.1 Å². The second kappa shape index (κ2) is 6.08. The number of nitrogens with one attached hydrogen (secondary N) is 2. The van der Waals surface area contributed by atoms with Gasteiger partial charge in [-0.1, -0.05) is 31.3 Å². The average molecular weight is 236 g/mol. The number of amides is 2. The van der Waals surface area contributed by atoms with E-state index in [9.17, 15) is 4.79 Å². The van der Waals surface area contributed by atoms with Crippen LogP contribution in [-0.4, -0.2) is 12.1 Å². The summed E-state index contributed by atoms with van der Waals surface area (Å²) in [6.45, 7) is 2.13. The maximum atomic E-state index is 11.7. The quantitative estimate of drug-likeness (QED) is 0.775. The number of hydrogen-bond donors (Lipinski definition) is 2. The Morgan fingerprint density at radius 3 is 2.29 bits per heavy atom. The summed E-state index contributed by atoms with van der Waals surface area (Å²) in [6.07, 6.45) is 11.9. The molecule has 2 aliphatic rings. The second-order valence-corrected chi connectivity index (χ2v) is 5.47. The van der Waals surface area contributed by atoms with Crippen molar-refractivity contribution in [2.45, 2.75) is 64.3 Å². The van der Waals surface area contributed by atoms with Crippen molar-refractivity contribution >= 4 is 6.03 Å². The van der Waals surface area contributed by atoms with E-state index >= 15 is 0 Å². The average Bonchev–Trinajstić information content (AvgIpc) is 2.97. The fourth-order valence-electron chi connectivity index (χ4n) is 2.98. The van der Waals surface area contributed by atoms with Gasteiger partial charge in [0.05, 0.1) is 0 Å². The first-order valence-electron chi connectivity index (χ1n) is 6.99. The molecule has 0 spiro atoms. The lowest BCUT2D eigenvalue weighted by Crippen LogP contribution is -2.38. The molecular weight excluding hydrogens is 212 g/mol. The van der Waals surface area contributed by atoms with Crippen LogP contribution < -0.4 is 10.6 Å². The van der Waals surface area contributed by atoms with E-state index in [0.717, 1.165) is 12.8 Å². The number of urea groups is 1. The lowest BCUT2D eigenvalue weighted by Gasteiger charge is -2.13. The third kappa shape index (κ3) is 3.76. The predicted octanol–water partition coefficient (Wildman–Crippen LogP) is 3.32. The van der Waals surface area contributed by atoms with Crippen molar-refractivity contribution in [3.05, 3.63) is 11.8 Å². The van der Waals surface area contributed by atoms with Gasteiger partial charge in [-0.25, -0.2) is 4.79 Å². The van der Waals surface area contributed by atoms with Gasteiger partial charge in [-0.3, -0.25) is 0 Å². The van der Waals surface area contributed by atoms with Crippen LogP contribution in [0.4, 0.5) is 4.79 Å². The number of carbonyl (C=O) groups excluding carboxylic acids is 1. The SMILES string of the molecule is C/C(=C\NC(=O)NC1CCCC1)C1CCCC1. The minimum absolute atomic E-state index is 0.0331. The van der Waals surface area contributed by atoms with Crippen LogP contribution in [0.5, 0.6) is 0 Å². The molecule has 0 unspecified atom stereocenters. The molecule has 0 aliphatic heterocycles. The van der Waals surface area contributed by atoms with Gasteiger partial charge < -0.3 is 10.6 Å². The summed E-state index contributed by atoms with van der Waals surface area (Å²) in [5.41, 5.74) is 1.32. The first-order chi connectivity index (χ1) is 8.25. The van der Waals surface area contributed by atoms with Crippen LogP contribution in [0.1, 0.15) is 58.3 Å². The van der Waals surface area contributed by atoms with Crippen LogP contribution in [0.15, 0.2) is 11.8 Å². The highest BCUT2D eigenvalue weighted by molar-refractivity contribution is 5.75. The second-order valence-electron chi connectivity index (χ2n) is 5.47. The van der Waals surface area contributed by atoms with Gasteiger partial charge in [0, 0.05) is 12.2 Å². The molecule has 17 heavy (non-hydrogen) atoms. The summed E-state index contributed by atoms with van der Waals surface area (Å²) in [7, 11) is 0. The van der Waals surface area contributed by atoms with E-state index in [2.05, 4.69) is 17.6 Å². The molecular formula is C14H24N2O. The zero-order chi connectivity index (χ0) is 12.1. The summed E-state index contributed by atoms with van der Waals surface area (Å²) in [4.78, 5) is 11.7. The van der Waals surface area contributed by atoms with Crippen molar-refractivity contribution in [1.82, 2.24) is 10.6 Å². The first-order valence-corrected chi connectivity index (χ1v) is 6.99. The molecule has 0 aromatic heterocycles. The Bertz CT molecular complexity index is 287. The van der Waals surface area contributed by atoms with E-state index in [1.807, 2.05) is 6.20 Å². The normalized spacial score (nSPS) is 23.0. The van der Waals surface area contributed by atoms with Crippen molar-refractivity contribution in [3.8, 4) is 0 Å². The van der Waals surface area contributed by atoms with E-state index in [-0.39, 0.29) is 6.03 Å². The Hall–Kier alpha value is -0.990. The highest BCUT2D eigenvalue weighted by Gasteiger charge is 2.18. The Morgan fingerprint density at radius 2 is 1.65 bits per heavy atom. The summed E-state index contributed by atoms with van der Waals surface area (Å²) in [5.74, 6) is 0.696. The van der Waals surface area contributed by atoms with E-state index < -0.39 is 0 Å². The van der Waals surface area contributed by atoms with Gasteiger partial charge in [-0.15, -0.1) is 0 Å². The molecule has 2 N–H and O–H groups in total. The maximum absolute atomic E-state index is 11.7. The number of allylic oxidation sites excluding steroid dienone is 1. The van der Waals surface area contributed by atoms with Gasteiger partial charge in [0.1, 0.15) is 0 Å². The van der Waals surface area contributed by atoms with Crippen molar-refractivity contribution in [1.29, 1.82) is 0 Å². The molecule has 3 heteroatoms. The van der Waals surface area contributed by atoms with Crippen molar-refractivity contribution in [2.24, 2.45) is 5.92 Å². The van der Waals surface area contributed by atoms with Gasteiger partial charge in [-0.05, 0) is 38.5 Å². The Morgan fingerprint density at radius 1 is 1.06 bits per heavy atom. The minimum Gasteiger partial charge on any atom is -0.335 e. The molecule has 2 amide bonds. The summed E-state index contributed by atoms with van der Waals surface area (Å²) < 4.78 is 0. The third-order valence-electron chi connectivity index (χ3n) is 4.12. The zero-order valence-electron chi connectivity index (χ0n) is 10.8. The molecule has 2 fully saturated rings. The van der Waals surface area contributed by atoms with Gasteiger partial charge in [0.25, 0.3) is 0 Å². The number of rotatable bonds is 3. The van der Waals surface area contributed by atoms with Crippen molar-refractivity contribution in [2.75, 3.05) is 0 Å². The van der Waals surface area contributed by atoms with Crippen molar-refractivity contribution < 1.29 is 4.79 Å². The Balaban J connectivity index is 1.72. The Labute approximate surface area is 104 Å². The first kappa shape index (κ1) is 12.5. The highest BCUT2D eigenvalue weighted by Crippen LogP contribution is 2.30. The molecule has 0 bridgehead atoms. The van der Waals surface area contributed by atoms with Crippen LogP contribution >= 0.6 is 0 Å². The smallest absolute Gasteiger partial charge is 0.318 e. The molecule has 0 atom stereocenters. The molecule has 2 aliphatic carbocycles. The van der Waals surface area contributed by atoms with Gasteiger partial charge >= 0.3 is 6.03 Å². The van der Waals surface area contributed by atoms with E-state index in [4.69, 9.17) is 0 Å². The van der Waals surface area contributed by atoms with Crippen LogP contribution in [0, 0.1) is 5.92 Å². The number of carbonyl (C=O) groups is 1. The summed E-state index contributed by atoms with van der Waals surface area (Å²) in [6, 6.07) is 0.365. The maximum Gasteiger partial charge on any atom is 0.318 e. The fraction of sp³-hybridized carbons (Fsp3) is 0.786. The van der Waals surface area contributed by atoms with E-state index in [1.165, 1.54) is 44.1 Å². The van der Waals surface area contributed by atoms with Crippen LogP contribution in [0.25, 0.3) is 0 Å². The zero-order valence-corrected chi connectivity index (χ0v) is 10.8.